The van der Waals surface area contributed by atoms with Gasteiger partial charge >= 0.3 is 0 Å². The number of aryl methyl sites for hydroxylation is 1. The Bertz CT molecular complexity index is 916. The molecule has 26 heavy (non-hydrogen) atoms. The van der Waals surface area contributed by atoms with Crippen LogP contribution in [0.4, 0.5) is 0 Å². The first kappa shape index (κ1) is 17.7. The molecule has 1 aromatic carbocycles. The maximum atomic E-state index is 10.9. The van der Waals surface area contributed by atoms with Crippen LogP contribution in [0.15, 0.2) is 24.3 Å². The Balaban J connectivity index is 1.81. The molecular weight excluding hydrogens is 370 g/mol. The average Bonchev–Trinajstić information content (AvgIpc) is 3.18. The number of nitrogens with zero attached hydrogens (tertiary/aromatic N) is 5. The van der Waals surface area contributed by atoms with Gasteiger partial charge in [0.1, 0.15) is 0 Å². The number of hydrogen-bond donors (Lipinski definition) is 1. The van der Waals surface area contributed by atoms with E-state index in [1.807, 2.05) is 31.2 Å². The Morgan fingerprint density at radius 1 is 1.23 bits per heavy atom. The van der Waals surface area contributed by atoms with Crippen molar-refractivity contribution in [3.63, 3.8) is 0 Å². The summed E-state index contributed by atoms with van der Waals surface area (Å²) >= 11 is 8.03. The third kappa shape index (κ3) is 3.09. The minimum Gasteiger partial charge on any atom is -0.492 e. The van der Waals surface area contributed by atoms with Gasteiger partial charge < -0.3 is 10.0 Å². The largest absolute Gasteiger partial charge is 0.492 e. The number of hydrogen-bond acceptors (Lipinski definition) is 6. The zero-order chi connectivity index (χ0) is 18.3. The Kier molecular flexibility index (Phi) is 4.88. The molecule has 4 rings (SSSR count). The third-order valence-corrected chi connectivity index (χ3v) is 6.33. The second kappa shape index (κ2) is 7.15. The van der Waals surface area contributed by atoms with Crippen molar-refractivity contribution in [1.82, 2.24) is 24.4 Å². The van der Waals surface area contributed by atoms with Crippen LogP contribution >= 0.6 is 22.9 Å². The van der Waals surface area contributed by atoms with Gasteiger partial charge in [-0.05, 0) is 18.7 Å². The fraction of sp³-hybridized carbons (Fsp3) is 0.444. The molecule has 3 heterocycles. The van der Waals surface area contributed by atoms with Crippen LogP contribution in [-0.4, -0.2) is 62.7 Å². The number of fused-ring (bicyclic) bond motifs is 1. The van der Waals surface area contributed by atoms with Gasteiger partial charge in [-0.2, -0.15) is 4.52 Å². The van der Waals surface area contributed by atoms with Crippen LogP contribution in [0.2, 0.25) is 5.02 Å². The molecule has 3 aromatic rings. The molecule has 0 amide bonds. The van der Waals surface area contributed by atoms with Crippen molar-refractivity contribution >= 4 is 27.9 Å². The molecule has 6 nitrogen and oxygen atoms in total. The molecule has 1 aliphatic heterocycles. The number of aromatic hydroxyl groups is 1. The van der Waals surface area contributed by atoms with Crippen LogP contribution in [0.25, 0.3) is 4.96 Å². The van der Waals surface area contributed by atoms with E-state index in [0.717, 1.165) is 53.8 Å². The molecular formula is C18H22ClN5OS. The lowest BCUT2D eigenvalue weighted by molar-refractivity contribution is 0.127. The van der Waals surface area contributed by atoms with E-state index in [1.54, 1.807) is 4.52 Å². The summed E-state index contributed by atoms with van der Waals surface area (Å²) in [6.45, 7) is 5.82. The first-order valence-corrected chi connectivity index (χ1v) is 10.0. The summed E-state index contributed by atoms with van der Waals surface area (Å²) in [7, 11) is 2.13. The van der Waals surface area contributed by atoms with Gasteiger partial charge in [-0.3, -0.25) is 4.90 Å². The SMILES string of the molecule is CCc1nc2sc(C(c3ccccc3Cl)N3CCN(C)CC3)c(O)n2n1. The first-order valence-electron chi connectivity index (χ1n) is 8.82. The molecule has 2 aromatic heterocycles. The van der Waals surface area contributed by atoms with Crippen molar-refractivity contribution in [2.24, 2.45) is 0 Å². The lowest BCUT2D eigenvalue weighted by atomic mass is 10.0. The van der Waals surface area contributed by atoms with E-state index >= 15 is 0 Å². The van der Waals surface area contributed by atoms with Crippen LogP contribution in [0.5, 0.6) is 5.88 Å². The maximum Gasteiger partial charge on any atom is 0.230 e. The summed E-state index contributed by atoms with van der Waals surface area (Å²) in [6, 6.07) is 7.77. The van der Waals surface area contributed by atoms with E-state index in [0.29, 0.717) is 5.02 Å². The normalized spacial score (nSPS) is 17.8. The molecule has 8 heteroatoms. The second-order valence-electron chi connectivity index (χ2n) is 6.63. The van der Waals surface area contributed by atoms with E-state index in [9.17, 15) is 5.11 Å². The summed E-state index contributed by atoms with van der Waals surface area (Å²) in [5.41, 5.74) is 1.01. The molecule has 1 atom stereocenters. The molecule has 0 bridgehead atoms. The van der Waals surface area contributed by atoms with Crippen LogP contribution in [0, 0.1) is 0 Å². The summed E-state index contributed by atoms with van der Waals surface area (Å²) in [6.07, 6.45) is 0.746. The lowest BCUT2D eigenvalue weighted by Gasteiger charge is -2.38. The van der Waals surface area contributed by atoms with Gasteiger partial charge in [0, 0.05) is 37.6 Å². The zero-order valence-electron chi connectivity index (χ0n) is 14.9. The summed E-state index contributed by atoms with van der Waals surface area (Å²) in [5, 5.41) is 16.0. The quantitative estimate of drug-likeness (QED) is 0.740. The van der Waals surface area contributed by atoms with Gasteiger partial charge in [0.2, 0.25) is 10.8 Å². The van der Waals surface area contributed by atoms with Gasteiger partial charge in [-0.15, -0.1) is 5.10 Å². The lowest BCUT2D eigenvalue weighted by Crippen LogP contribution is -2.46. The van der Waals surface area contributed by atoms with Gasteiger partial charge in [0.15, 0.2) is 5.82 Å². The van der Waals surface area contributed by atoms with Crippen LogP contribution in [0.1, 0.15) is 29.2 Å². The number of benzene rings is 1. The predicted octanol–water partition coefficient (Wildman–Crippen LogP) is 3.05. The number of rotatable bonds is 4. The molecule has 138 valence electrons. The molecule has 1 saturated heterocycles. The molecule has 0 saturated carbocycles. The number of likely N-dealkylation sites (N-methyl/N-ethyl adjacent to an activating group) is 1. The number of halogens is 1. The second-order valence-corrected chi connectivity index (χ2v) is 8.05. The van der Waals surface area contributed by atoms with Gasteiger partial charge in [-0.1, -0.05) is 48.1 Å². The smallest absolute Gasteiger partial charge is 0.230 e. The highest BCUT2D eigenvalue weighted by Crippen LogP contribution is 2.42. The number of piperazine rings is 1. The first-order chi connectivity index (χ1) is 12.6. The summed E-state index contributed by atoms with van der Waals surface area (Å²) in [4.78, 5) is 10.8. The number of thiazole rings is 1. The highest BCUT2D eigenvalue weighted by Gasteiger charge is 2.32. The maximum absolute atomic E-state index is 10.9. The molecule has 1 fully saturated rings. The van der Waals surface area contributed by atoms with E-state index in [1.165, 1.54) is 11.3 Å². The van der Waals surface area contributed by atoms with Crippen LogP contribution in [-0.2, 0) is 6.42 Å². The van der Waals surface area contributed by atoms with Crippen molar-refractivity contribution in [3.05, 3.63) is 45.6 Å². The molecule has 1 unspecified atom stereocenters. The highest BCUT2D eigenvalue weighted by atomic mass is 35.5. The number of aromatic nitrogens is 3. The molecule has 0 spiro atoms. The minimum absolute atomic E-state index is 0.101. The summed E-state index contributed by atoms with van der Waals surface area (Å²) in [5.74, 6) is 0.910. The van der Waals surface area contributed by atoms with E-state index in [-0.39, 0.29) is 11.9 Å². The molecule has 0 radical (unpaired) electrons. The Morgan fingerprint density at radius 2 is 1.96 bits per heavy atom. The Morgan fingerprint density at radius 3 is 2.62 bits per heavy atom. The van der Waals surface area contributed by atoms with Crippen LogP contribution in [0.3, 0.4) is 0 Å². The molecule has 1 aliphatic rings. The topological polar surface area (TPSA) is 56.9 Å². The van der Waals surface area contributed by atoms with E-state index < -0.39 is 0 Å². The standard InChI is InChI=1S/C18H22ClN5OS/c1-3-14-20-18-24(21-14)17(25)16(26-18)15(12-6-4-5-7-13(12)19)23-10-8-22(2)9-11-23/h4-7,15,25H,3,8-11H2,1-2H3. The fourth-order valence-corrected chi connectivity index (χ4v) is 4.77. The summed E-state index contributed by atoms with van der Waals surface area (Å²) < 4.78 is 1.55. The van der Waals surface area contributed by atoms with Gasteiger partial charge in [-0.25, -0.2) is 4.98 Å². The highest BCUT2D eigenvalue weighted by molar-refractivity contribution is 7.17. The van der Waals surface area contributed by atoms with E-state index in [4.69, 9.17) is 11.6 Å². The fourth-order valence-electron chi connectivity index (χ4n) is 3.40. The van der Waals surface area contributed by atoms with Crippen LogP contribution < -0.4 is 0 Å². The van der Waals surface area contributed by atoms with Crippen molar-refractivity contribution in [3.8, 4) is 5.88 Å². The minimum atomic E-state index is -0.101. The molecule has 0 aliphatic carbocycles. The van der Waals surface area contributed by atoms with Gasteiger partial charge in [0.25, 0.3) is 0 Å². The Labute approximate surface area is 161 Å². The zero-order valence-corrected chi connectivity index (χ0v) is 16.5. The predicted molar refractivity (Wildman–Crippen MR) is 104 cm³/mol. The van der Waals surface area contributed by atoms with E-state index in [2.05, 4.69) is 26.9 Å². The monoisotopic (exact) mass is 391 g/mol. The third-order valence-electron chi connectivity index (χ3n) is 4.91. The molecule has 1 N–H and O–H groups in total. The van der Waals surface area contributed by atoms with Crippen molar-refractivity contribution in [2.45, 2.75) is 19.4 Å². The van der Waals surface area contributed by atoms with Crippen molar-refractivity contribution < 1.29 is 5.11 Å². The van der Waals surface area contributed by atoms with Crippen molar-refractivity contribution in [1.29, 1.82) is 0 Å². The van der Waals surface area contributed by atoms with Gasteiger partial charge in [0.05, 0.1) is 10.9 Å². The average molecular weight is 392 g/mol. The van der Waals surface area contributed by atoms with Crippen molar-refractivity contribution in [2.75, 3.05) is 33.2 Å². The Hall–Kier alpha value is -1.67.